The molecule has 4 aromatic rings. The Morgan fingerprint density at radius 1 is 0.897 bits per heavy atom. The maximum atomic E-state index is 13.3. The molecule has 0 spiro atoms. The second-order valence-corrected chi connectivity index (χ2v) is 7.07. The first kappa shape index (κ1) is 18.6. The van der Waals surface area contributed by atoms with Crippen molar-refractivity contribution in [1.29, 1.82) is 0 Å². The number of hydrogen-bond acceptors (Lipinski definition) is 2. The average molecular weight is 378 g/mol. The Bertz CT molecular complexity index is 1200. The van der Waals surface area contributed by atoms with Crippen LogP contribution in [0.4, 0.5) is 5.69 Å². The van der Waals surface area contributed by atoms with E-state index in [-0.39, 0.29) is 5.91 Å². The van der Waals surface area contributed by atoms with E-state index in [1.54, 1.807) is 6.20 Å². The predicted octanol–water partition coefficient (Wildman–Crippen LogP) is 6.36. The maximum Gasteiger partial charge on any atom is 0.256 e. The van der Waals surface area contributed by atoms with Gasteiger partial charge >= 0.3 is 0 Å². The van der Waals surface area contributed by atoms with E-state index in [4.69, 9.17) is 0 Å². The number of pyridine rings is 1. The molecule has 142 valence electrons. The van der Waals surface area contributed by atoms with Crippen molar-refractivity contribution < 1.29 is 4.79 Å². The molecule has 0 aliphatic heterocycles. The normalized spacial score (nSPS) is 11.4. The molecule has 1 heterocycles. The van der Waals surface area contributed by atoms with Gasteiger partial charge in [0.2, 0.25) is 0 Å². The van der Waals surface area contributed by atoms with Crippen molar-refractivity contribution in [1.82, 2.24) is 4.98 Å². The van der Waals surface area contributed by atoms with Crippen LogP contribution in [0, 0.1) is 6.92 Å². The van der Waals surface area contributed by atoms with Crippen molar-refractivity contribution in [3.63, 3.8) is 0 Å². The number of carbonyl (C=O) groups excluding carboxylic acids is 1. The molecule has 0 radical (unpaired) electrons. The average Bonchev–Trinajstić information content (AvgIpc) is 2.74. The maximum absolute atomic E-state index is 13.3. The number of hydrogen-bond donors (Lipinski definition) is 1. The molecule has 0 atom stereocenters. The van der Waals surface area contributed by atoms with Gasteiger partial charge in [-0.3, -0.25) is 9.78 Å². The molecule has 3 aromatic carbocycles. The number of rotatable bonds is 4. The summed E-state index contributed by atoms with van der Waals surface area (Å²) in [4.78, 5) is 17.7. The van der Waals surface area contributed by atoms with Crippen LogP contribution in [0.2, 0.25) is 0 Å². The zero-order valence-corrected chi connectivity index (χ0v) is 16.5. The Morgan fingerprint density at radius 3 is 2.48 bits per heavy atom. The molecule has 1 N–H and O–H groups in total. The SMILES string of the molecule is C/C(=C/c1ccccc1)c1cccc(C)c1C(=O)Nc1cccc2cccnc12. The molecule has 0 aliphatic carbocycles. The predicted molar refractivity (Wildman–Crippen MR) is 121 cm³/mol. The molecule has 4 rings (SSSR count). The van der Waals surface area contributed by atoms with Gasteiger partial charge in [-0.2, -0.15) is 0 Å². The molecule has 1 aromatic heterocycles. The van der Waals surface area contributed by atoms with Gasteiger partial charge in [-0.05, 0) is 48.2 Å². The molecule has 1 amide bonds. The van der Waals surface area contributed by atoms with Crippen LogP contribution in [0.1, 0.15) is 34.0 Å². The summed E-state index contributed by atoms with van der Waals surface area (Å²) in [5.41, 5.74) is 6.21. The zero-order chi connectivity index (χ0) is 20.2. The number of allylic oxidation sites excluding steroid dienone is 1. The van der Waals surface area contributed by atoms with E-state index in [2.05, 4.69) is 28.5 Å². The van der Waals surface area contributed by atoms with Crippen LogP contribution in [-0.4, -0.2) is 10.9 Å². The van der Waals surface area contributed by atoms with Gasteiger partial charge in [0.25, 0.3) is 5.91 Å². The number of aromatic nitrogens is 1. The van der Waals surface area contributed by atoms with E-state index in [9.17, 15) is 4.79 Å². The summed E-state index contributed by atoms with van der Waals surface area (Å²) in [5.74, 6) is -0.128. The van der Waals surface area contributed by atoms with E-state index in [1.165, 1.54) is 0 Å². The lowest BCUT2D eigenvalue weighted by Crippen LogP contribution is -2.16. The molecule has 0 unspecified atom stereocenters. The highest BCUT2D eigenvalue weighted by atomic mass is 16.1. The summed E-state index contributed by atoms with van der Waals surface area (Å²) in [6.45, 7) is 4.01. The molecular formula is C26H22N2O. The number of carbonyl (C=O) groups is 1. The standard InChI is InChI=1S/C26H22N2O/c1-18-9-6-14-22(19(2)17-20-10-4-3-5-11-20)24(18)26(29)28-23-15-7-12-21-13-8-16-27-25(21)23/h3-17H,1-2H3,(H,28,29)/b19-17-. The van der Waals surface area contributed by atoms with Crippen LogP contribution in [-0.2, 0) is 0 Å². The molecule has 0 fully saturated rings. The second kappa shape index (κ2) is 8.11. The Labute approximate surface area is 170 Å². The van der Waals surface area contributed by atoms with Crippen LogP contribution < -0.4 is 5.32 Å². The van der Waals surface area contributed by atoms with Crippen molar-refractivity contribution in [3.05, 3.63) is 107 Å². The van der Waals surface area contributed by atoms with Gasteiger partial charge in [-0.1, -0.05) is 72.8 Å². The van der Waals surface area contributed by atoms with Crippen molar-refractivity contribution >= 4 is 34.1 Å². The lowest BCUT2D eigenvalue weighted by atomic mass is 9.94. The minimum Gasteiger partial charge on any atom is -0.320 e. The third-order valence-corrected chi connectivity index (χ3v) is 4.99. The molecule has 0 saturated heterocycles. The molecule has 3 heteroatoms. The molecule has 3 nitrogen and oxygen atoms in total. The fraction of sp³-hybridized carbons (Fsp3) is 0.0769. The number of benzene rings is 3. The van der Waals surface area contributed by atoms with Gasteiger partial charge < -0.3 is 5.32 Å². The first-order valence-electron chi connectivity index (χ1n) is 9.62. The summed E-state index contributed by atoms with van der Waals surface area (Å²) in [6, 6.07) is 25.8. The third-order valence-electron chi connectivity index (χ3n) is 4.99. The summed E-state index contributed by atoms with van der Waals surface area (Å²) in [6.07, 6.45) is 3.84. The number of amides is 1. The fourth-order valence-electron chi connectivity index (χ4n) is 3.56. The van der Waals surface area contributed by atoms with Crippen LogP contribution in [0.3, 0.4) is 0 Å². The smallest absolute Gasteiger partial charge is 0.256 e. The quantitative estimate of drug-likeness (QED) is 0.420. The molecule has 0 aliphatic rings. The van der Waals surface area contributed by atoms with E-state index in [0.29, 0.717) is 11.3 Å². The minimum absolute atomic E-state index is 0.128. The number of anilines is 1. The number of nitrogens with one attached hydrogen (secondary N) is 1. The highest BCUT2D eigenvalue weighted by molar-refractivity contribution is 6.11. The first-order chi connectivity index (χ1) is 14.1. The van der Waals surface area contributed by atoms with Gasteiger partial charge in [-0.15, -0.1) is 0 Å². The fourth-order valence-corrected chi connectivity index (χ4v) is 3.56. The summed E-state index contributed by atoms with van der Waals surface area (Å²) < 4.78 is 0. The van der Waals surface area contributed by atoms with Gasteiger partial charge in [0.05, 0.1) is 16.8 Å². The number of nitrogens with zero attached hydrogens (tertiary/aromatic N) is 1. The van der Waals surface area contributed by atoms with Crippen molar-refractivity contribution in [2.45, 2.75) is 13.8 Å². The third kappa shape index (κ3) is 3.94. The van der Waals surface area contributed by atoms with Gasteiger partial charge in [0.1, 0.15) is 0 Å². The van der Waals surface area contributed by atoms with E-state index in [1.807, 2.05) is 80.6 Å². The van der Waals surface area contributed by atoms with Gasteiger partial charge in [0.15, 0.2) is 0 Å². The Kier molecular flexibility index (Phi) is 5.21. The molecular weight excluding hydrogens is 356 g/mol. The van der Waals surface area contributed by atoms with E-state index >= 15 is 0 Å². The van der Waals surface area contributed by atoms with Crippen LogP contribution in [0.25, 0.3) is 22.6 Å². The number of aryl methyl sites for hydroxylation is 1. The van der Waals surface area contributed by atoms with Crippen LogP contribution >= 0.6 is 0 Å². The van der Waals surface area contributed by atoms with Crippen molar-refractivity contribution in [2.75, 3.05) is 5.32 Å². The zero-order valence-electron chi connectivity index (χ0n) is 16.5. The number of para-hydroxylation sites is 1. The van der Waals surface area contributed by atoms with Crippen LogP contribution in [0.15, 0.2) is 85.1 Å². The molecule has 29 heavy (non-hydrogen) atoms. The monoisotopic (exact) mass is 378 g/mol. The van der Waals surface area contributed by atoms with Gasteiger partial charge in [0, 0.05) is 11.6 Å². The Balaban J connectivity index is 1.73. The van der Waals surface area contributed by atoms with Crippen LogP contribution in [0.5, 0.6) is 0 Å². The van der Waals surface area contributed by atoms with Crippen molar-refractivity contribution in [3.8, 4) is 0 Å². The Hall–Kier alpha value is -3.72. The summed E-state index contributed by atoms with van der Waals surface area (Å²) in [5, 5.41) is 4.07. The largest absolute Gasteiger partial charge is 0.320 e. The first-order valence-corrected chi connectivity index (χ1v) is 9.62. The number of fused-ring (bicyclic) bond motifs is 1. The second-order valence-electron chi connectivity index (χ2n) is 7.07. The van der Waals surface area contributed by atoms with E-state index in [0.717, 1.165) is 33.2 Å². The Morgan fingerprint density at radius 2 is 1.66 bits per heavy atom. The topological polar surface area (TPSA) is 42.0 Å². The molecule has 0 saturated carbocycles. The molecule has 0 bridgehead atoms. The van der Waals surface area contributed by atoms with Crippen molar-refractivity contribution in [2.24, 2.45) is 0 Å². The lowest BCUT2D eigenvalue weighted by molar-refractivity contribution is 0.102. The van der Waals surface area contributed by atoms with E-state index < -0.39 is 0 Å². The lowest BCUT2D eigenvalue weighted by Gasteiger charge is -2.14. The highest BCUT2D eigenvalue weighted by Crippen LogP contribution is 2.27. The van der Waals surface area contributed by atoms with Gasteiger partial charge in [-0.25, -0.2) is 0 Å². The highest BCUT2D eigenvalue weighted by Gasteiger charge is 2.16. The summed E-state index contributed by atoms with van der Waals surface area (Å²) >= 11 is 0. The minimum atomic E-state index is -0.128. The summed E-state index contributed by atoms with van der Waals surface area (Å²) in [7, 11) is 0.